The molecule has 2 amide bonds. The number of aromatic nitrogens is 1. The highest BCUT2D eigenvalue weighted by Crippen LogP contribution is 2.24. The molecule has 2 rings (SSSR count). The summed E-state index contributed by atoms with van der Waals surface area (Å²) in [6, 6.07) is 3.49. The maximum absolute atomic E-state index is 11.5. The Balaban J connectivity index is 2.02. The Kier molecular flexibility index (Phi) is 5.31. The maximum Gasteiger partial charge on any atom is 0.315 e. The SMILES string of the molecule is COCCO[C@@H]1CCN(C(N)=O)[C@H]1Cc1ccncc1. The minimum atomic E-state index is -0.387. The number of carbonyl (C=O) groups excluding carboxylic acids is 1. The van der Waals surface area contributed by atoms with Crippen molar-refractivity contribution in [2.24, 2.45) is 5.73 Å². The normalized spacial score (nSPS) is 22.1. The van der Waals surface area contributed by atoms with Crippen LogP contribution in [0.4, 0.5) is 4.79 Å². The summed E-state index contributed by atoms with van der Waals surface area (Å²) < 4.78 is 10.8. The first-order valence-corrected chi connectivity index (χ1v) is 6.78. The summed E-state index contributed by atoms with van der Waals surface area (Å²) in [5.41, 5.74) is 6.58. The van der Waals surface area contributed by atoms with Crippen molar-refractivity contribution in [3.8, 4) is 0 Å². The van der Waals surface area contributed by atoms with Crippen LogP contribution >= 0.6 is 0 Å². The first-order valence-electron chi connectivity index (χ1n) is 6.78. The van der Waals surface area contributed by atoms with E-state index in [-0.39, 0.29) is 18.2 Å². The molecule has 0 aromatic carbocycles. The Morgan fingerprint density at radius 1 is 1.45 bits per heavy atom. The lowest BCUT2D eigenvalue weighted by atomic mass is 10.0. The summed E-state index contributed by atoms with van der Waals surface area (Å²) in [7, 11) is 1.64. The van der Waals surface area contributed by atoms with Gasteiger partial charge < -0.3 is 20.1 Å². The molecule has 2 N–H and O–H groups in total. The first kappa shape index (κ1) is 14.7. The fraction of sp³-hybridized carbons (Fsp3) is 0.571. The Hall–Kier alpha value is -1.66. The zero-order chi connectivity index (χ0) is 14.4. The number of methoxy groups -OCH3 is 1. The van der Waals surface area contributed by atoms with E-state index in [9.17, 15) is 4.79 Å². The summed E-state index contributed by atoms with van der Waals surface area (Å²) in [5, 5.41) is 0. The van der Waals surface area contributed by atoms with Gasteiger partial charge in [0.25, 0.3) is 0 Å². The Labute approximate surface area is 118 Å². The number of amides is 2. The van der Waals surface area contributed by atoms with E-state index in [0.29, 0.717) is 19.8 Å². The van der Waals surface area contributed by atoms with Gasteiger partial charge in [-0.1, -0.05) is 0 Å². The molecule has 1 aliphatic rings. The van der Waals surface area contributed by atoms with Crippen LogP contribution in [0.25, 0.3) is 0 Å². The number of rotatable bonds is 6. The van der Waals surface area contributed by atoms with Crippen LogP contribution in [0.1, 0.15) is 12.0 Å². The van der Waals surface area contributed by atoms with Crippen LogP contribution in [-0.2, 0) is 15.9 Å². The molecule has 1 aromatic heterocycles. The lowest BCUT2D eigenvalue weighted by Crippen LogP contribution is -2.44. The van der Waals surface area contributed by atoms with Crippen molar-refractivity contribution in [3.05, 3.63) is 30.1 Å². The van der Waals surface area contributed by atoms with E-state index in [1.165, 1.54) is 0 Å². The molecule has 0 aliphatic carbocycles. The molecule has 20 heavy (non-hydrogen) atoms. The number of hydrogen-bond acceptors (Lipinski definition) is 4. The first-order chi connectivity index (χ1) is 9.72. The van der Waals surface area contributed by atoms with Gasteiger partial charge in [-0.05, 0) is 30.5 Å². The molecule has 6 nitrogen and oxygen atoms in total. The number of urea groups is 1. The van der Waals surface area contributed by atoms with Crippen molar-refractivity contribution in [2.75, 3.05) is 26.9 Å². The topological polar surface area (TPSA) is 77.7 Å². The number of carbonyl (C=O) groups is 1. The van der Waals surface area contributed by atoms with Gasteiger partial charge in [-0.2, -0.15) is 0 Å². The quantitative estimate of drug-likeness (QED) is 0.782. The van der Waals surface area contributed by atoms with Gasteiger partial charge in [-0.3, -0.25) is 4.98 Å². The number of primary amides is 1. The second kappa shape index (κ2) is 7.21. The summed E-state index contributed by atoms with van der Waals surface area (Å²) in [4.78, 5) is 17.2. The van der Waals surface area contributed by atoms with Gasteiger partial charge >= 0.3 is 6.03 Å². The lowest BCUT2D eigenvalue weighted by molar-refractivity contribution is 0.00366. The van der Waals surface area contributed by atoms with Crippen LogP contribution in [0.3, 0.4) is 0 Å². The summed E-state index contributed by atoms with van der Waals surface area (Å²) in [6.45, 7) is 1.72. The second-order valence-corrected chi connectivity index (χ2v) is 4.85. The van der Waals surface area contributed by atoms with Crippen LogP contribution in [0, 0.1) is 0 Å². The van der Waals surface area contributed by atoms with Gasteiger partial charge in [-0.25, -0.2) is 4.79 Å². The molecule has 1 fully saturated rings. The van der Waals surface area contributed by atoms with E-state index < -0.39 is 0 Å². The molecule has 0 bridgehead atoms. The van der Waals surface area contributed by atoms with Crippen molar-refractivity contribution in [1.29, 1.82) is 0 Å². The summed E-state index contributed by atoms with van der Waals surface area (Å²) in [5.74, 6) is 0. The average molecular weight is 279 g/mol. The highest BCUT2D eigenvalue weighted by Gasteiger charge is 2.36. The van der Waals surface area contributed by atoms with Gasteiger partial charge in [0.2, 0.25) is 0 Å². The van der Waals surface area contributed by atoms with Crippen LogP contribution < -0.4 is 5.73 Å². The van der Waals surface area contributed by atoms with E-state index >= 15 is 0 Å². The number of likely N-dealkylation sites (tertiary alicyclic amines) is 1. The largest absolute Gasteiger partial charge is 0.382 e. The molecule has 0 unspecified atom stereocenters. The third-order valence-electron chi connectivity index (χ3n) is 3.58. The van der Waals surface area contributed by atoms with E-state index in [1.807, 2.05) is 12.1 Å². The minimum absolute atomic E-state index is 0.00538. The van der Waals surface area contributed by atoms with Gasteiger partial charge in [0, 0.05) is 26.0 Å². The summed E-state index contributed by atoms with van der Waals surface area (Å²) in [6.07, 6.45) is 5.04. The molecule has 0 spiro atoms. The monoisotopic (exact) mass is 279 g/mol. The van der Waals surface area contributed by atoms with Crippen LogP contribution in [0.2, 0.25) is 0 Å². The molecule has 0 saturated carbocycles. The molecule has 2 heterocycles. The number of nitrogens with zero attached hydrogens (tertiary/aromatic N) is 2. The Morgan fingerprint density at radius 3 is 2.85 bits per heavy atom. The van der Waals surface area contributed by atoms with Gasteiger partial charge in [0.05, 0.1) is 25.4 Å². The van der Waals surface area contributed by atoms with Crippen molar-refractivity contribution in [2.45, 2.75) is 25.0 Å². The zero-order valence-electron chi connectivity index (χ0n) is 11.7. The molecule has 1 aromatic rings. The highest BCUT2D eigenvalue weighted by molar-refractivity contribution is 5.73. The third-order valence-corrected chi connectivity index (χ3v) is 3.58. The number of nitrogens with two attached hydrogens (primary N) is 1. The molecule has 2 atom stereocenters. The fourth-order valence-electron chi connectivity index (χ4n) is 2.58. The molecule has 1 aliphatic heterocycles. The number of pyridine rings is 1. The van der Waals surface area contributed by atoms with Gasteiger partial charge in [-0.15, -0.1) is 0 Å². The van der Waals surface area contributed by atoms with E-state index in [2.05, 4.69) is 4.98 Å². The maximum atomic E-state index is 11.5. The molecule has 110 valence electrons. The highest BCUT2D eigenvalue weighted by atomic mass is 16.5. The van der Waals surface area contributed by atoms with Crippen molar-refractivity contribution in [1.82, 2.24) is 9.88 Å². The van der Waals surface area contributed by atoms with Crippen molar-refractivity contribution >= 4 is 6.03 Å². The summed E-state index contributed by atoms with van der Waals surface area (Å²) >= 11 is 0. The zero-order valence-corrected chi connectivity index (χ0v) is 11.7. The Bertz CT molecular complexity index is 427. The van der Waals surface area contributed by atoms with E-state index in [4.69, 9.17) is 15.2 Å². The molecule has 0 radical (unpaired) electrons. The van der Waals surface area contributed by atoms with Crippen LogP contribution in [-0.4, -0.2) is 54.9 Å². The standard InChI is InChI=1S/C14H21N3O3/c1-19-8-9-20-13-4-7-17(14(15)18)12(13)10-11-2-5-16-6-3-11/h2-3,5-6,12-13H,4,7-10H2,1H3,(H2,15,18)/t12-,13+/m0/s1. The minimum Gasteiger partial charge on any atom is -0.382 e. The van der Waals surface area contributed by atoms with Crippen molar-refractivity contribution < 1.29 is 14.3 Å². The predicted octanol–water partition coefficient (Wildman–Crippen LogP) is 0.809. The van der Waals surface area contributed by atoms with E-state index in [0.717, 1.165) is 18.4 Å². The van der Waals surface area contributed by atoms with Gasteiger partial charge in [0.15, 0.2) is 0 Å². The average Bonchev–Trinajstić information content (AvgIpc) is 2.84. The molecule has 6 heteroatoms. The smallest absolute Gasteiger partial charge is 0.315 e. The van der Waals surface area contributed by atoms with Crippen LogP contribution in [0.5, 0.6) is 0 Å². The molecular formula is C14H21N3O3. The molecular weight excluding hydrogens is 258 g/mol. The van der Waals surface area contributed by atoms with E-state index in [1.54, 1.807) is 24.4 Å². The second-order valence-electron chi connectivity index (χ2n) is 4.85. The predicted molar refractivity (Wildman–Crippen MR) is 74.3 cm³/mol. The lowest BCUT2D eigenvalue weighted by Gasteiger charge is -2.27. The van der Waals surface area contributed by atoms with Crippen molar-refractivity contribution in [3.63, 3.8) is 0 Å². The van der Waals surface area contributed by atoms with Gasteiger partial charge in [0.1, 0.15) is 0 Å². The fourth-order valence-corrected chi connectivity index (χ4v) is 2.58. The number of ether oxygens (including phenoxy) is 2. The number of hydrogen-bond donors (Lipinski definition) is 1. The Morgan fingerprint density at radius 2 is 2.20 bits per heavy atom. The van der Waals surface area contributed by atoms with Crippen LogP contribution in [0.15, 0.2) is 24.5 Å². The third kappa shape index (κ3) is 3.68. The molecule has 1 saturated heterocycles.